The number of nitrogens with zero attached hydrogens (tertiary/aromatic N) is 1. The lowest BCUT2D eigenvalue weighted by Crippen LogP contribution is -2.40. The van der Waals surface area contributed by atoms with Crippen LogP contribution in [0.1, 0.15) is 27.7 Å². The Hall–Kier alpha value is -1.36. The van der Waals surface area contributed by atoms with Gasteiger partial charge in [0.25, 0.3) is 0 Å². The Morgan fingerprint density at radius 1 is 1.41 bits per heavy atom. The molecule has 0 N–H and O–H groups in total. The summed E-state index contributed by atoms with van der Waals surface area (Å²) in [5, 5.41) is 0. The van der Waals surface area contributed by atoms with Crippen molar-refractivity contribution in [3.05, 3.63) is 12.2 Å². The summed E-state index contributed by atoms with van der Waals surface area (Å²) in [7, 11) is 0. The van der Waals surface area contributed by atoms with Crippen LogP contribution in [-0.4, -0.2) is 48.2 Å². The second-order valence-corrected chi connectivity index (χ2v) is 7.54. The third kappa shape index (κ3) is 2.35. The van der Waals surface area contributed by atoms with E-state index in [0.717, 1.165) is 0 Å². The molecule has 1 amide bonds. The van der Waals surface area contributed by atoms with E-state index in [-0.39, 0.29) is 23.9 Å². The lowest BCUT2D eigenvalue weighted by atomic mass is 9.77. The molecule has 2 fully saturated rings. The van der Waals surface area contributed by atoms with Crippen LogP contribution in [0.5, 0.6) is 0 Å². The average Bonchev–Trinajstić information content (AvgIpc) is 3.04. The van der Waals surface area contributed by atoms with Crippen molar-refractivity contribution in [3.8, 4) is 0 Å². The molecule has 122 valence electrons. The molecule has 4 atom stereocenters. The van der Waals surface area contributed by atoms with Gasteiger partial charge in [0.2, 0.25) is 5.91 Å². The Morgan fingerprint density at radius 3 is 2.77 bits per heavy atom. The van der Waals surface area contributed by atoms with Crippen molar-refractivity contribution < 1.29 is 19.1 Å². The lowest BCUT2D eigenvalue weighted by molar-refractivity contribution is -0.154. The fourth-order valence-corrected chi connectivity index (χ4v) is 3.79. The van der Waals surface area contributed by atoms with Gasteiger partial charge in [0, 0.05) is 6.54 Å². The zero-order valence-corrected chi connectivity index (χ0v) is 13.7. The molecule has 3 rings (SSSR count). The molecule has 2 bridgehead atoms. The molecular weight excluding hydrogens is 282 g/mol. The van der Waals surface area contributed by atoms with Crippen LogP contribution in [0.3, 0.4) is 0 Å². The van der Waals surface area contributed by atoms with Gasteiger partial charge in [-0.05, 0) is 11.8 Å². The van der Waals surface area contributed by atoms with E-state index in [1.807, 2.05) is 30.9 Å². The normalized spacial score (nSPS) is 35.8. The zero-order valence-electron chi connectivity index (χ0n) is 13.7. The van der Waals surface area contributed by atoms with Crippen LogP contribution in [0.15, 0.2) is 12.2 Å². The maximum atomic E-state index is 12.8. The van der Waals surface area contributed by atoms with Gasteiger partial charge in [0.05, 0.1) is 25.2 Å². The average molecular weight is 307 g/mol. The molecule has 0 aliphatic carbocycles. The molecule has 0 radical (unpaired) electrons. The van der Waals surface area contributed by atoms with Crippen molar-refractivity contribution >= 4 is 11.9 Å². The molecule has 5 heteroatoms. The summed E-state index contributed by atoms with van der Waals surface area (Å²) in [5.41, 5.74) is -0.613. The summed E-state index contributed by atoms with van der Waals surface area (Å²) in [6.45, 7) is 9.80. The molecule has 3 aliphatic rings. The minimum Gasteiger partial charge on any atom is -0.465 e. The molecule has 22 heavy (non-hydrogen) atoms. The van der Waals surface area contributed by atoms with E-state index in [4.69, 9.17) is 9.47 Å². The van der Waals surface area contributed by atoms with Gasteiger partial charge in [-0.2, -0.15) is 0 Å². The highest BCUT2D eigenvalue weighted by atomic mass is 16.6. The van der Waals surface area contributed by atoms with Crippen molar-refractivity contribution in [3.63, 3.8) is 0 Å². The van der Waals surface area contributed by atoms with Crippen LogP contribution < -0.4 is 0 Å². The van der Waals surface area contributed by atoms with Gasteiger partial charge in [-0.3, -0.25) is 9.59 Å². The molecule has 0 unspecified atom stereocenters. The predicted molar refractivity (Wildman–Crippen MR) is 80.9 cm³/mol. The van der Waals surface area contributed by atoms with Crippen LogP contribution >= 0.6 is 0 Å². The number of esters is 1. The Morgan fingerprint density at radius 2 is 2.14 bits per heavy atom. The highest BCUT2D eigenvalue weighted by Crippen LogP contribution is 2.52. The van der Waals surface area contributed by atoms with E-state index in [9.17, 15) is 9.59 Å². The van der Waals surface area contributed by atoms with Gasteiger partial charge in [-0.15, -0.1) is 0 Å². The zero-order chi connectivity index (χ0) is 16.1. The monoisotopic (exact) mass is 307 g/mol. The molecule has 0 saturated carbocycles. The topological polar surface area (TPSA) is 55.8 Å². The van der Waals surface area contributed by atoms with E-state index in [0.29, 0.717) is 25.6 Å². The Bertz CT molecular complexity index is 513. The van der Waals surface area contributed by atoms with E-state index < -0.39 is 17.4 Å². The van der Waals surface area contributed by atoms with Crippen molar-refractivity contribution in [1.82, 2.24) is 4.90 Å². The minimum atomic E-state index is -0.613. The number of carbonyl (C=O) groups excluding carboxylic acids is 2. The minimum absolute atomic E-state index is 0.0343. The van der Waals surface area contributed by atoms with E-state index in [1.54, 1.807) is 0 Å². The number of fused-ring (bicyclic) bond motifs is 1. The van der Waals surface area contributed by atoms with Gasteiger partial charge in [0.15, 0.2) is 0 Å². The van der Waals surface area contributed by atoms with Crippen molar-refractivity contribution in [1.29, 1.82) is 0 Å². The number of carbonyl (C=O) groups is 2. The molecule has 0 aromatic heterocycles. The first-order valence-corrected chi connectivity index (χ1v) is 8.16. The van der Waals surface area contributed by atoms with Crippen LogP contribution in [0.25, 0.3) is 0 Å². The number of rotatable bonds is 5. The maximum Gasteiger partial charge on any atom is 0.312 e. The number of hydrogen-bond donors (Lipinski definition) is 0. The second-order valence-electron chi connectivity index (χ2n) is 7.54. The lowest BCUT2D eigenvalue weighted by Gasteiger charge is -2.23. The summed E-state index contributed by atoms with van der Waals surface area (Å²) in [6.07, 6.45) is 3.59. The fraction of sp³-hybridized carbons (Fsp3) is 0.765. The summed E-state index contributed by atoms with van der Waals surface area (Å²) in [6, 6.07) is 0. The first kappa shape index (κ1) is 15.5. The highest BCUT2D eigenvalue weighted by Gasteiger charge is 2.67. The summed E-state index contributed by atoms with van der Waals surface area (Å²) < 4.78 is 11.4. The van der Waals surface area contributed by atoms with Crippen LogP contribution in [-0.2, 0) is 19.1 Å². The SMILES string of the molecule is CC(C)COC(=O)[C@@H]1[C@H]2C(=O)N(CC(C)C)C[C@]23C=C[C@H]1O3. The van der Waals surface area contributed by atoms with Crippen molar-refractivity contribution in [2.75, 3.05) is 19.7 Å². The molecular formula is C17H25NO4. The van der Waals surface area contributed by atoms with Gasteiger partial charge >= 0.3 is 5.97 Å². The molecule has 0 aromatic rings. The van der Waals surface area contributed by atoms with Gasteiger partial charge in [-0.1, -0.05) is 39.8 Å². The Balaban J connectivity index is 1.79. The largest absolute Gasteiger partial charge is 0.465 e. The summed E-state index contributed by atoms with van der Waals surface area (Å²) >= 11 is 0. The second kappa shape index (κ2) is 5.37. The first-order chi connectivity index (χ1) is 10.3. The molecule has 0 aromatic carbocycles. The van der Waals surface area contributed by atoms with Gasteiger partial charge < -0.3 is 14.4 Å². The number of hydrogen-bond acceptors (Lipinski definition) is 4. The molecule has 3 aliphatic heterocycles. The standard InChI is InChI=1S/C17H25NO4/c1-10(2)7-18-9-17-6-5-12(22-17)13(14(17)15(18)19)16(20)21-8-11(3)4/h5-6,10-14H,7-9H2,1-4H3/t12-,13+,14+,17-/m1/s1. The Kier molecular flexibility index (Phi) is 3.79. The number of amides is 1. The van der Waals surface area contributed by atoms with Crippen LogP contribution in [0, 0.1) is 23.7 Å². The number of ether oxygens (including phenoxy) is 2. The highest BCUT2D eigenvalue weighted by molar-refractivity contribution is 5.91. The van der Waals surface area contributed by atoms with Gasteiger partial charge in [0.1, 0.15) is 11.5 Å². The van der Waals surface area contributed by atoms with E-state index in [2.05, 4.69) is 13.8 Å². The molecule has 3 heterocycles. The summed E-state index contributed by atoms with van der Waals surface area (Å²) in [4.78, 5) is 27.0. The van der Waals surface area contributed by atoms with E-state index >= 15 is 0 Å². The quantitative estimate of drug-likeness (QED) is 0.572. The van der Waals surface area contributed by atoms with E-state index in [1.165, 1.54) is 0 Å². The first-order valence-electron chi connectivity index (χ1n) is 8.16. The molecule has 2 saturated heterocycles. The Labute approximate surface area is 131 Å². The van der Waals surface area contributed by atoms with Crippen LogP contribution in [0.4, 0.5) is 0 Å². The maximum absolute atomic E-state index is 12.8. The number of likely N-dealkylation sites (tertiary alicyclic amines) is 1. The summed E-state index contributed by atoms with van der Waals surface area (Å²) in [5.74, 6) is -0.493. The van der Waals surface area contributed by atoms with Crippen molar-refractivity contribution in [2.24, 2.45) is 23.7 Å². The third-order valence-electron chi connectivity index (χ3n) is 4.60. The van der Waals surface area contributed by atoms with Crippen molar-refractivity contribution in [2.45, 2.75) is 39.4 Å². The predicted octanol–water partition coefficient (Wildman–Crippen LogP) is 1.62. The fourth-order valence-electron chi connectivity index (χ4n) is 3.79. The smallest absolute Gasteiger partial charge is 0.312 e. The van der Waals surface area contributed by atoms with Gasteiger partial charge in [-0.25, -0.2) is 0 Å². The molecule has 5 nitrogen and oxygen atoms in total. The third-order valence-corrected chi connectivity index (χ3v) is 4.60. The van der Waals surface area contributed by atoms with Crippen LogP contribution in [0.2, 0.25) is 0 Å². The molecule has 1 spiro atoms.